The van der Waals surface area contributed by atoms with Crippen molar-refractivity contribution in [3.05, 3.63) is 71.8 Å². The molecule has 0 bridgehead atoms. The summed E-state index contributed by atoms with van der Waals surface area (Å²) in [6, 6.07) is 23.0. The summed E-state index contributed by atoms with van der Waals surface area (Å²) in [5.41, 5.74) is 2.91. The Kier molecular flexibility index (Phi) is 10.7. The molecule has 36 heavy (non-hydrogen) atoms. The predicted octanol–water partition coefficient (Wildman–Crippen LogP) is 7.42. The fourth-order valence-corrected chi connectivity index (χ4v) is 21.6. The molecule has 2 aromatic carbocycles. The smallest absolute Gasteiger partial charge is 0.0584 e. The topological polar surface area (TPSA) is 13.0 Å². The molecule has 0 unspecified atom stereocenters. The van der Waals surface area contributed by atoms with E-state index in [-0.39, 0.29) is 0 Å². The molecule has 0 N–H and O–H groups in total. The van der Waals surface area contributed by atoms with Gasteiger partial charge in [-0.15, -0.1) is 0 Å². The van der Waals surface area contributed by atoms with E-state index in [0.29, 0.717) is 0 Å². The zero-order valence-corrected chi connectivity index (χ0v) is 25.9. The first-order valence-corrected chi connectivity index (χ1v) is 17.6. The van der Waals surface area contributed by atoms with Crippen molar-refractivity contribution in [2.24, 2.45) is 0 Å². The van der Waals surface area contributed by atoms with Gasteiger partial charge in [-0.2, -0.15) is 0 Å². The van der Waals surface area contributed by atoms with Gasteiger partial charge in [0, 0.05) is 62.4 Å². The molecule has 200 valence electrons. The minimum absolute atomic E-state index is 1.06. The standard InChI is InChI=1S/C30H50N4P2/c1-9-31(10-2)35(32(11-3)12-4)29(27-23-19-17-20-24-27)36(33(13-5)14-6,34(15-7)16-8)30(35)28-25-21-18-22-26-28/h17-26H,9-16H2,1-8H3. The van der Waals surface area contributed by atoms with Crippen LogP contribution in [0.25, 0.3) is 0 Å². The largest absolute Gasteiger partial charge is 0.268 e. The van der Waals surface area contributed by atoms with Crippen molar-refractivity contribution < 1.29 is 0 Å². The molecule has 3 rings (SSSR count). The lowest BCUT2D eigenvalue weighted by molar-refractivity contribution is 0.418. The predicted molar refractivity (Wildman–Crippen MR) is 167 cm³/mol. The molecule has 0 radical (unpaired) electrons. The minimum atomic E-state index is -1.97. The second-order valence-electron chi connectivity index (χ2n) is 9.14. The van der Waals surface area contributed by atoms with Gasteiger partial charge in [-0.05, 0) is 11.1 Å². The van der Waals surface area contributed by atoms with Crippen LogP contribution in [0.5, 0.6) is 0 Å². The maximum atomic E-state index is 2.86. The zero-order chi connectivity index (χ0) is 26.3. The van der Waals surface area contributed by atoms with Crippen molar-refractivity contribution in [3.63, 3.8) is 0 Å². The van der Waals surface area contributed by atoms with E-state index in [1.165, 1.54) is 11.1 Å². The number of rotatable bonds is 14. The fraction of sp³-hybridized carbons (Fsp3) is 0.533. The van der Waals surface area contributed by atoms with Gasteiger partial charge in [0.15, 0.2) is 0 Å². The average Bonchev–Trinajstić information content (AvgIpc) is 2.92. The molecule has 4 nitrogen and oxygen atoms in total. The normalized spacial score (nSPS) is 16.9. The van der Waals surface area contributed by atoms with Crippen molar-refractivity contribution in [2.75, 3.05) is 52.4 Å². The Balaban J connectivity index is 2.72. The molecular weight excluding hydrogens is 478 g/mol. The summed E-state index contributed by atoms with van der Waals surface area (Å²) in [5, 5.41) is 3.49. The van der Waals surface area contributed by atoms with Crippen molar-refractivity contribution >= 4 is 24.4 Å². The van der Waals surface area contributed by atoms with Gasteiger partial charge in [-0.3, -0.25) is 18.7 Å². The molecule has 0 amide bonds. The minimum Gasteiger partial charge on any atom is -0.268 e. The van der Waals surface area contributed by atoms with Crippen molar-refractivity contribution in [1.29, 1.82) is 0 Å². The summed E-state index contributed by atoms with van der Waals surface area (Å²) in [4.78, 5) is 0. The number of hydrogen-bond donors (Lipinski definition) is 0. The van der Waals surface area contributed by atoms with E-state index < -0.39 is 14.4 Å². The van der Waals surface area contributed by atoms with Crippen LogP contribution in [0.15, 0.2) is 60.7 Å². The second kappa shape index (κ2) is 13.1. The summed E-state index contributed by atoms with van der Waals surface area (Å²) in [6.07, 6.45) is 0. The Bertz CT molecular complexity index is 929. The highest BCUT2D eigenvalue weighted by Crippen LogP contribution is 2.83. The van der Waals surface area contributed by atoms with Gasteiger partial charge < -0.3 is 0 Å². The summed E-state index contributed by atoms with van der Waals surface area (Å²) in [5.74, 6) is 0. The molecule has 0 aromatic heterocycles. The van der Waals surface area contributed by atoms with Crippen LogP contribution in [-0.4, -0.2) is 81.1 Å². The van der Waals surface area contributed by atoms with Crippen molar-refractivity contribution in [3.8, 4) is 0 Å². The van der Waals surface area contributed by atoms with E-state index in [4.69, 9.17) is 0 Å². The lowest BCUT2D eigenvalue weighted by atomic mass is 10.2. The molecule has 1 heterocycles. The summed E-state index contributed by atoms with van der Waals surface area (Å²) >= 11 is 0. The third-order valence-electron chi connectivity index (χ3n) is 7.80. The number of benzene rings is 2. The van der Waals surface area contributed by atoms with Gasteiger partial charge in [-0.1, -0.05) is 116 Å². The van der Waals surface area contributed by atoms with Gasteiger partial charge >= 0.3 is 0 Å². The monoisotopic (exact) mass is 528 g/mol. The molecule has 1 aliphatic rings. The van der Waals surface area contributed by atoms with Gasteiger partial charge in [0.25, 0.3) is 0 Å². The first-order valence-electron chi connectivity index (χ1n) is 14.2. The highest BCUT2D eigenvalue weighted by Gasteiger charge is 2.57. The van der Waals surface area contributed by atoms with Crippen molar-refractivity contribution in [1.82, 2.24) is 18.7 Å². The molecule has 2 aromatic rings. The van der Waals surface area contributed by atoms with E-state index in [0.717, 1.165) is 52.4 Å². The quantitative estimate of drug-likeness (QED) is 0.237. The Morgan fingerprint density at radius 3 is 0.806 bits per heavy atom. The van der Waals surface area contributed by atoms with E-state index in [1.807, 2.05) is 0 Å². The molecule has 0 aliphatic carbocycles. The molecule has 6 heteroatoms. The maximum Gasteiger partial charge on any atom is 0.0584 e. The fourth-order valence-electron chi connectivity index (χ4n) is 6.40. The second-order valence-corrected chi connectivity index (χ2v) is 16.3. The lowest BCUT2D eigenvalue weighted by Crippen LogP contribution is -2.51. The SMILES string of the molecule is CCN(CC)P1(N(CC)CC)=C(c2ccccc2)P(N(CC)CC)(N(CC)CC)=C1c1ccccc1. The van der Waals surface area contributed by atoms with Crippen LogP contribution in [0, 0.1) is 0 Å². The van der Waals surface area contributed by atoms with Crippen molar-refractivity contribution in [2.45, 2.75) is 55.4 Å². The van der Waals surface area contributed by atoms with E-state index in [1.54, 1.807) is 10.1 Å². The van der Waals surface area contributed by atoms with Gasteiger partial charge in [0.1, 0.15) is 0 Å². The molecular formula is C30H50N4P2. The van der Waals surface area contributed by atoms with Crippen LogP contribution < -0.4 is 0 Å². The Morgan fingerprint density at radius 2 is 0.611 bits per heavy atom. The lowest BCUT2D eigenvalue weighted by Gasteiger charge is -2.63. The Hall–Kier alpha value is -1.12. The highest BCUT2D eigenvalue weighted by atomic mass is 31.2. The molecule has 0 fully saturated rings. The van der Waals surface area contributed by atoms with Gasteiger partial charge in [0.05, 0.1) is 14.4 Å². The van der Waals surface area contributed by atoms with Crippen LogP contribution >= 0.6 is 14.4 Å². The first-order chi connectivity index (χ1) is 17.5. The summed E-state index contributed by atoms with van der Waals surface area (Å²) < 4.78 is 11.4. The molecule has 0 saturated heterocycles. The maximum absolute atomic E-state index is 2.86. The third-order valence-corrected chi connectivity index (χ3v) is 20.1. The van der Waals surface area contributed by atoms with Crippen LogP contribution in [-0.2, 0) is 0 Å². The summed E-state index contributed by atoms with van der Waals surface area (Å²) in [7, 11) is -3.94. The Morgan fingerprint density at radius 1 is 0.389 bits per heavy atom. The van der Waals surface area contributed by atoms with E-state index >= 15 is 0 Å². The zero-order valence-electron chi connectivity index (χ0n) is 24.1. The van der Waals surface area contributed by atoms with Crippen LogP contribution in [0.3, 0.4) is 0 Å². The molecule has 1 aliphatic heterocycles. The van der Waals surface area contributed by atoms with E-state index in [9.17, 15) is 0 Å². The first kappa shape index (κ1) is 29.4. The number of hydrogen-bond acceptors (Lipinski definition) is 4. The van der Waals surface area contributed by atoms with Crippen LogP contribution in [0.1, 0.15) is 66.5 Å². The van der Waals surface area contributed by atoms with Crippen LogP contribution in [0.2, 0.25) is 0 Å². The molecule has 0 saturated carbocycles. The third kappa shape index (κ3) is 4.43. The molecule has 0 spiro atoms. The van der Waals surface area contributed by atoms with Gasteiger partial charge in [-0.25, -0.2) is 0 Å². The summed E-state index contributed by atoms with van der Waals surface area (Å²) in [6.45, 7) is 27.4. The average molecular weight is 529 g/mol. The van der Waals surface area contributed by atoms with Crippen LogP contribution in [0.4, 0.5) is 0 Å². The van der Waals surface area contributed by atoms with Gasteiger partial charge in [0.2, 0.25) is 0 Å². The van der Waals surface area contributed by atoms with E-state index in [2.05, 4.69) is 135 Å². The highest BCUT2D eigenvalue weighted by molar-refractivity contribution is 8.23. The molecule has 0 atom stereocenters. The number of nitrogens with zero attached hydrogens (tertiary/aromatic N) is 4. The Labute approximate surface area is 222 Å².